The molecule has 0 fully saturated rings. The molecule has 0 saturated carbocycles. The van der Waals surface area contributed by atoms with Gasteiger partial charge in [-0.1, -0.05) is 0 Å². The summed E-state index contributed by atoms with van der Waals surface area (Å²) in [5.41, 5.74) is 6.34. The van der Waals surface area contributed by atoms with Crippen molar-refractivity contribution in [3.63, 3.8) is 0 Å². The van der Waals surface area contributed by atoms with Crippen LogP contribution < -0.4 is 11.1 Å². The lowest BCUT2D eigenvalue weighted by Crippen LogP contribution is -2.12. The summed E-state index contributed by atoms with van der Waals surface area (Å²) in [6.07, 6.45) is 0. The van der Waals surface area contributed by atoms with Crippen molar-refractivity contribution >= 4 is 22.9 Å². The standard InChI is InChI=1S/C7H10N6O/c1-3(2)9-5-4-6(13-14-12-4)11-7(8)10-5/h3H,1-2H3,(H3,8,9,10,11,13). The van der Waals surface area contributed by atoms with Crippen LogP contribution in [0.2, 0.25) is 0 Å². The Balaban J connectivity index is 2.55. The van der Waals surface area contributed by atoms with Crippen LogP contribution in [0, 0.1) is 0 Å². The number of hydrogen-bond donors (Lipinski definition) is 2. The zero-order valence-electron chi connectivity index (χ0n) is 7.85. The number of hydrogen-bond acceptors (Lipinski definition) is 7. The predicted octanol–water partition coefficient (Wildman–Crippen LogP) is 0.415. The lowest BCUT2D eigenvalue weighted by molar-refractivity contribution is 0.315. The Morgan fingerprint density at radius 3 is 2.79 bits per heavy atom. The molecule has 0 radical (unpaired) electrons. The van der Waals surface area contributed by atoms with Crippen LogP contribution in [0.3, 0.4) is 0 Å². The Bertz CT molecular complexity index is 450. The number of fused-ring (bicyclic) bond motifs is 1. The van der Waals surface area contributed by atoms with Crippen LogP contribution in [0.15, 0.2) is 4.63 Å². The molecule has 14 heavy (non-hydrogen) atoms. The van der Waals surface area contributed by atoms with Crippen molar-refractivity contribution in [3.8, 4) is 0 Å². The quantitative estimate of drug-likeness (QED) is 0.713. The van der Waals surface area contributed by atoms with E-state index < -0.39 is 0 Å². The molecule has 2 heterocycles. The van der Waals surface area contributed by atoms with Crippen LogP contribution in [0.1, 0.15) is 13.8 Å². The van der Waals surface area contributed by atoms with Crippen molar-refractivity contribution in [3.05, 3.63) is 0 Å². The summed E-state index contributed by atoms with van der Waals surface area (Å²) in [5, 5.41) is 10.4. The van der Waals surface area contributed by atoms with E-state index in [4.69, 9.17) is 5.73 Å². The molecule has 2 rings (SSSR count). The van der Waals surface area contributed by atoms with Crippen molar-refractivity contribution in [2.75, 3.05) is 11.1 Å². The average molecular weight is 194 g/mol. The Labute approximate surface area is 79.7 Å². The van der Waals surface area contributed by atoms with E-state index in [1.807, 2.05) is 13.8 Å². The number of anilines is 2. The molecule has 0 bridgehead atoms. The van der Waals surface area contributed by atoms with Gasteiger partial charge in [0.15, 0.2) is 11.3 Å². The number of rotatable bonds is 2. The molecule has 0 atom stereocenters. The number of aromatic nitrogens is 4. The van der Waals surface area contributed by atoms with E-state index in [1.165, 1.54) is 0 Å². The van der Waals surface area contributed by atoms with Gasteiger partial charge in [0.25, 0.3) is 0 Å². The second-order valence-corrected chi connectivity index (χ2v) is 3.17. The Hall–Kier alpha value is -1.92. The first-order valence-corrected chi connectivity index (χ1v) is 4.19. The molecule has 2 aromatic rings. The van der Waals surface area contributed by atoms with Crippen molar-refractivity contribution in [1.29, 1.82) is 0 Å². The van der Waals surface area contributed by atoms with E-state index in [9.17, 15) is 0 Å². The lowest BCUT2D eigenvalue weighted by atomic mass is 10.4. The first-order chi connectivity index (χ1) is 6.66. The second-order valence-electron chi connectivity index (χ2n) is 3.17. The smallest absolute Gasteiger partial charge is 0.231 e. The van der Waals surface area contributed by atoms with E-state index in [0.717, 1.165) is 0 Å². The van der Waals surface area contributed by atoms with E-state index in [2.05, 4.69) is 30.2 Å². The molecule has 74 valence electrons. The number of nitrogen functional groups attached to an aromatic ring is 1. The predicted molar refractivity (Wildman–Crippen MR) is 50.6 cm³/mol. The highest BCUT2D eigenvalue weighted by Gasteiger charge is 2.11. The molecule has 0 amide bonds. The lowest BCUT2D eigenvalue weighted by Gasteiger charge is -2.08. The Kier molecular flexibility index (Phi) is 1.91. The van der Waals surface area contributed by atoms with Gasteiger partial charge in [-0.25, -0.2) is 4.63 Å². The van der Waals surface area contributed by atoms with Gasteiger partial charge in [-0.15, -0.1) is 0 Å². The molecule has 3 N–H and O–H groups in total. The summed E-state index contributed by atoms with van der Waals surface area (Å²) < 4.78 is 4.54. The van der Waals surface area contributed by atoms with E-state index in [-0.39, 0.29) is 12.0 Å². The number of nitrogens with one attached hydrogen (secondary N) is 1. The second kappa shape index (κ2) is 3.09. The van der Waals surface area contributed by atoms with Crippen LogP contribution in [0.4, 0.5) is 11.8 Å². The molecular weight excluding hydrogens is 184 g/mol. The molecule has 0 spiro atoms. The van der Waals surface area contributed by atoms with Crippen molar-refractivity contribution < 1.29 is 4.63 Å². The maximum Gasteiger partial charge on any atom is 0.231 e. The fourth-order valence-corrected chi connectivity index (χ4v) is 1.08. The fourth-order valence-electron chi connectivity index (χ4n) is 1.08. The first-order valence-electron chi connectivity index (χ1n) is 4.19. The van der Waals surface area contributed by atoms with Crippen LogP contribution in [0.25, 0.3) is 11.2 Å². The van der Waals surface area contributed by atoms with Gasteiger partial charge < -0.3 is 11.1 Å². The molecule has 7 heteroatoms. The SMILES string of the molecule is CC(C)Nc1nc(N)nc2nonc12. The highest BCUT2D eigenvalue weighted by molar-refractivity contribution is 5.82. The average Bonchev–Trinajstić information content (AvgIpc) is 2.50. The van der Waals surface area contributed by atoms with Crippen molar-refractivity contribution in [2.24, 2.45) is 0 Å². The molecule has 0 aliphatic rings. The third-order valence-corrected chi connectivity index (χ3v) is 1.57. The minimum absolute atomic E-state index is 0.149. The molecule has 0 aliphatic carbocycles. The van der Waals surface area contributed by atoms with Crippen molar-refractivity contribution in [1.82, 2.24) is 20.3 Å². The maximum absolute atomic E-state index is 5.49. The number of nitrogens with two attached hydrogens (primary N) is 1. The summed E-state index contributed by atoms with van der Waals surface area (Å²) in [6, 6.07) is 0.226. The van der Waals surface area contributed by atoms with Crippen LogP contribution in [-0.2, 0) is 0 Å². The maximum atomic E-state index is 5.49. The molecule has 0 unspecified atom stereocenters. The van der Waals surface area contributed by atoms with E-state index >= 15 is 0 Å². The monoisotopic (exact) mass is 194 g/mol. The van der Waals surface area contributed by atoms with E-state index in [0.29, 0.717) is 17.0 Å². The van der Waals surface area contributed by atoms with E-state index in [1.54, 1.807) is 0 Å². The van der Waals surface area contributed by atoms with Gasteiger partial charge in [0.2, 0.25) is 11.6 Å². The van der Waals surface area contributed by atoms with Crippen LogP contribution in [0.5, 0.6) is 0 Å². The molecule has 0 aromatic carbocycles. The molecule has 7 nitrogen and oxygen atoms in total. The largest absolute Gasteiger partial charge is 0.368 e. The van der Waals surface area contributed by atoms with Gasteiger partial charge in [0, 0.05) is 6.04 Å². The minimum Gasteiger partial charge on any atom is -0.368 e. The Morgan fingerprint density at radius 1 is 1.29 bits per heavy atom. The summed E-state index contributed by atoms with van der Waals surface area (Å²) in [5.74, 6) is 0.695. The normalized spacial score (nSPS) is 11.1. The first kappa shape index (κ1) is 8.67. The van der Waals surface area contributed by atoms with Gasteiger partial charge in [-0.3, -0.25) is 0 Å². The summed E-state index contributed by atoms with van der Waals surface area (Å²) in [4.78, 5) is 7.87. The summed E-state index contributed by atoms with van der Waals surface area (Å²) in [7, 11) is 0. The zero-order valence-corrected chi connectivity index (χ0v) is 7.85. The van der Waals surface area contributed by atoms with Gasteiger partial charge in [-0.05, 0) is 24.2 Å². The summed E-state index contributed by atoms with van der Waals surface area (Å²) in [6.45, 7) is 3.97. The molecule has 2 aromatic heterocycles. The third-order valence-electron chi connectivity index (χ3n) is 1.57. The minimum atomic E-state index is 0.149. The van der Waals surface area contributed by atoms with Crippen molar-refractivity contribution in [2.45, 2.75) is 19.9 Å². The molecule has 0 saturated heterocycles. The number of nitrogens with zero attached hydrogens (tertiary/aromatic N) is 4. The van der Waals surface area contributed by atoms with Gasteiger partial charge in [0.1, 0.15) is 0 Å². The third kappa shape index (κ3) is 1.43. The zero-order chi connectivity index (χ0) is 10.1. The fraction of sp³-hybridized carbons (Fsp3) is 0.429. The summed E-state index contributed by atoms with van der Waals surface area (Å²) >= 11 is 0. The topological polar surface area (TPSA) is 103 Å². The van der Waals surface area contributed by atoms with Gasteiger partial charge in [0.05, 0.1) is 0 Å². The molecule has 0 aliphatic heterocycles. The van der Waals surface area contributed by atoms with Gasteiger partial charge in [-0.2, -0.15) is 9.97 Å². The highest BCUT2D eigenvalue weighted by Crippen LogP contribution is 2.17. The molecular formula is C7H10N6O. The highest BCUT2D eigenvalue weighted by atomic mass is 16.6. The van der Waals surface area contributed by atoms with Gasteiger partial charge >= 0.3 is 0 Å². The Morgan fingerprint density at radius 2 is 2.07 bits per heavy atom. The van der Waals surface area contributed by atoms with Crippen LogP contribution >= 0.6 is 0 Å². The van der Waals surface area contributed by atoms with Crippen LogP contribution in [-0.4, -0.2) is 26.3 Å².